The van der Waals surface area contributed by atoms with E-state index in [-0.39, 0.29) is 54.2 Å². The van der Waals surface area contributed by atoms with E-state index in [1.54, 1.807) is 18.3 Å². The van der Waals surface area contributed by atoms with Crippen molar-refractivity contribution in [1.29, 1.82) is 0 Å². The fourth-order valence-electron chi connectivity index (χ4n) is 7.76. The Morgan fingerprint density at radius 3 is 2.21 bits per heavy atom. The molecule has 0 aromatic carbocycles. The fourth-order valence-corrected chi connectivity index (χ4v) is 9.99. The van der Waals surface area contributed by atoms with Crippen molar-refractivity contribution in [2.24, 2.45) is 11.8 Å². The summed E-state index contributed by atoms with van der Waals surface area (Å²) in [6.07, 6.45) is 5.33. The molecular formula is C28H49N3O7S. The molecule has 0 aromatic rings. The molecule has 0 N–H and O–H groups in total. The number of fused-ring (bicyclic) bond motifs is 1. The molecule has 2 amide bonds. The topological polar surface area (TPSA) is 106 Å². The zero-order valence-corrected chi connectivity index (χ0v) is 25.2. The second-order valence-electron chi connectivity index (χ2n) is 11.8. The molecule has 0 aromatic heterocycles. The van der Waals surface area contributed by atoms with Crippen LogP contribution in [-0.4, -0.2) is 110 Å². The Labute approximate surface area is 234 Å². The third-order valence-electron chi connectivity index (χ3n) is 9.74. The summed E-state index contributed by atoms with van der Waals surface area (Å²) >= 11 is 0. The number of hydrogen-bond donors (Lipinski definition) is 0. The van der Waals surface area contributed by atoms with Crippen LogP contribution >= 0.6 is 0 Å². The van der Waals surface area contributed by atoms with Gasteiger partial charge in [0, 0.05) is 52.6 Å². The highest BCUT2D eigenvalue weighted by Crippen LogP contribution is 2.44. The van der Waals surface area contributed by atoms with Crippen LogP contribution < -0.4 is 0 Å². The maximum atomic E-state index is 13.6. The minimum Gasteiger partial charge on any atom is -0.446 e. The van der Waals surface area contributed by atoms with Gasteiger partial charge < -0.3 is 24.0 Å². The van der Waals surface area contributed by atoms with Gasteiger partial charge in [0.2, 0.25) is 15.9 Å². The molecule has 0 bridgehead atoms. The van der Waals surface area contributed by atoms with Crippen molar-refractivity contribution < 1.29 is 32.2 Å². The Hall–Kier alpha value is -1.43. The number of ether oxygens (including phenoxy) is 3. The molecule has 4 aliphatic rings. The van der Waals surface area contributed by atoms with Gasteiger partial charge in [0.1, 0.15) is 11.4 Å². The van der Waals surface area contributed by atoms with Gasteiger partial charge in [-0.3, -0.25) is 4.79 Å². The highest BCUT2D eigenvalue weighted by molar-refractivity contribution is 7.89. The lowest BCUT2D eigenvalue weighted by Crippen LogP contribution is -2.67. The Kier molecular flexibility index (Phi) is 10.2. The zero-order valence-electron chi connectivity index (χ0n) is 24.4. The molecule has 224 valence electrons. The number of nitrogens with zero attached hydrogens (tertiary/aromatic N) is 3. The van der Waals surface area contributed by atoms with Gasteiger partial charge in [0.05, 0.1) is 31.4 Å². The second kappa shape index (κ2) is 13.0. The highest BCUT2D eigenvalue weighted by Gasteiger charge is 2.50. The summed E-state index contributed by atoms with van der Waals surface area (Å²) in [4.78, 5) is 30.0. The van der Waals surface area contributed by atoms with E-state index in [2.05, 4.69) is 0 Å². The number of hydrogen-bond acceptors (Lipinski definition) is 7. The minimum atomic E-state index is -3.49. The van der Waals surface area contributed by atoms with Gasteiger partial charge in [-0.05, 0) is 57.3 Å². The molecule has 11 heteroatoms. The molecule has 7 atom stereocenters. The molecule has 4 rings (SSSR count). The van der Waals surface area contributed by atoms with Crippen LogP contribution in [0.2, 0.25) is 0 Å². The standard InChI is InChI=1S/C28H49N3O7S/c1-6-29(7-2)39(34,35)27-17-22(9-11-26(27)36-5)21-8-10-24-25(16-21)30(18-19(3)31(24)20(4)32)28(33)38-23-12-14-37-15-13-23/h19,21-27H,6-18H2,1-5H3/t19-,21?,22?,24?,25?,26?,27?/m0/s1. The van der Waals surface area contributed by atoms with Gasteiger partial charge in [0.15, 0.2) is 0 Å². The average molecular weight is 572 g/mol. The molecule has 39 heavy (non-hydrogen) atoms. The van der Waals surface area contributed by atoms with E-state index in [4.69, 9.17) is 14.2 Å². The van der Waals surface area contributed by atoms with E-state index in [0.29, 0.717) is 58.5 Å². The number of carbonyl (C=O) groups is 2. The van der Waals surface area contributed by atoms with Crippen LogP contribution in [-0.2, 0) is 29.0 Å². The van der Waals surface area contributed by atoms with Crippen molar-refractivity contribution in [3.63, 3.8) is 0 Å². The van der Waals surface area contributed by atoms with Gasteiger partial charge in [-0.1, -0.05) is 13.8 Å². The molecule has 4 fully saturated rings. The first-order chi connectivity index (χ1) is 18.6. The smallest absolute Gasteiger partial charge is 0.410 e. The SMILES string of the molecule is CCN(CC)S(=O)(=O)C1CC(C2CCC3C(C2)N(C(=O)OC2CCOCC2)C[C@H](C)N3C(C)=O)CCC1OC. The summed E-state index contributed by atoms with van der Waals surface area (Å²) in [5.74, 6) is 0.546. The van der Waals surface area contributed by atoms with E-state index in [0.717, 1.165) is 25.7 Å². The Bertz CT molecular complexity index is 953. The Morgan fingerprint density at radius 2 is 1.59 bits per heavy atom. The highest BCUT2D eigenvalue weighted by atomic mass is 32.2. The summed E-state index contributed by atoms with van der Waals surface area (Å²) in [6.45, 7) is 9.93. The van der Waals surface area contributed by atoms with Crippen LogP contribution in [0.3, 0.4) is 0 Å². The fraction of sp³-hybridized carbons (Fsp3) is 0.929. The maximum Gasteiger partial charge on any atom is 0.410 e. The van der Waals surface area contributed by atoms with Crippen molar-refractivity contribution in [2.75, 3.05) is 40.0 Å². The number of carbonyl (C=O) groups excluding carboxylic acids is 2. The van der Waals surface area contributed by atoms with Crippen LogP contribution in [0.5, 0.6) is 0 Å². The number of methoxy groups -OCH3 is 1. The number of piperazine rings is 1. The predicted molar refractivity (Wildman–Crippen MR) is 148 cm³/mol. The van der Waals surface area contributed by atoms with Gasteiger partial charge in [-0.15, -0.1) is 0 Å². The van der Waals surface area contributed by atoms with E-state index in [1.165, 1.54) is 0 Å². The van der Waals surface area contributed by atoms with E-state index in [9.17, 15) is 18.0 Å². The van der Waals surface area contributed by atoms with Gasteiger partial charge in [-0.25, -0.2) is 17.5 Å². The lowest BCUT2D eigenvalue weighted by atomic mass is 9.69. The number of sulfonamides is 1. The molecule has 2 saturated heterocycles. The van der Waals surface area contributed by atoms with E-state index >= 15 is 0 Å². The van der Waals surface area contributed by atoms with Crippen molar-refractivity contribution in [3.8, 4) is 0 Å². The molecule has 10 nitrogen and oxygen atoms in total. The molecule has 0 radical (unpaired) electrons. The van der Waals surface area contributed by atoms with Crippen LogP contribution in [0.15, 0.2) is 0 Å². The normalized spacial score (nSPS) is 34.6. The van der Waals surface area contributed by atoms with Crippen LogP contribution in [0.4, 0.5) is 4.79 Å². The minimum absolute atomic E-state index is 0.0411. The third kappa shape index (κ3) is 6.41. The molecule has 2 aliphatic carbocycles. The van der Waals surface area contributed by atoms with Crippen molar-refractivity contribution >= 4 is 22.0 Å². The number of amides is 2. The summed E-state index contributed by atoms with van der Waals surface area (Å²) in [7, 11) is -1.87. The first-order valence-corrected chi connectivity index (χ1v) is 16.5. The average Bonchev–Trinajstić information content (AvgIpc) is 2.92. The molecule has 2 saturated carbocycles. The van der Waals surface area contributed by atoms with Gasteiger partial charge >= 0.3 is 6.09 Å². The Balaban J connectivity index is 1.53. The predicted octanol–water partition coefficient (Wildman–Crippen LogP) is 3.25. The first kappa shape index (κ1) is 30.5. The lowest BCUT2D eigenvalue weighted by Gasteiger charge is -2.54. The first-order valence-electron chi connectivity index (χ1n) is 15.0. The quantitative estimate of drug-likeness (QED) is 0.462. The molecular weight excluding hydrogens is 522 g/mol. The van der Waals surface area contributed by atoms with Crippen LogP contribution in [0.25, 0.3) is 0 Å². The van der Waals surface area contributed by atoms with Crippen molar-refractivity contribution in [3.05, 3.63) is 0 Å². The second-order valence-corrected chi connectivity index (χ2v) is 14.0. The summed E-state index contributed by atoms with van der Waals surface area (Å²) in [6, 6.07) is -0.257. The number of rotatable bonds is 7. The lowest BCUT2D eigenvalue weighted by molar-refractivity contribution is -0.143. The summed E-state index contributed by atoms with van der Waals surface area (Å²) < 4.78 is 45.8. The Morgan fingerprint density at radius 1 is 0.949 bits per heavy atom. The van der Waals surface area contributed by atoms with Crippen molar-refractivity contribution in [2.45, 2.75) is 115 Å². The largest absolute Gasteiger partial charge is 0.446 e. The van der Waals surface area contributed by atoms with Crippen LogP contribution in [0, 0.1) is 11.8 Å². The molecule has 2 aliphatic heterocycles. The zero-order chi connectivity index (χ0) is 28.3. The maximum absolute atomic E-state index is 13.6. The monoisotopic (exact) mass is 571 g/mol. The molecule has 6 unspecified atom stereocenters. The molecule has 0 spiro atoms. The van der Waals surface area contributed by atoms with E-state index in [1.807, 2.05) is 30.6 Å². The summed E-state index contributed by atoms with van der Waals surface area (Å²) in [5.41, 5.74) is 0. The summed E-state index contributed by atoms with van der Waals surface area (Å²) in [5, 5.41) is -0.562. The van der Waals surface area contributed by atoms with E-state index < -0.39 is 15.3 Å². The third-order valence-corrected chi connectivity index (χ3v) is 12.2. The van der Waals surface area contributed by atoms with Crippen LogP contribution in [0.1, 0.15) is 79.1 Å². The molecule has 2 heterocycles. The van der Waals surface area contributed by atoms with Gasteiger partial charge in [0.25, 0.3) is 0 Å². The van der Waals surface area contributed by atoms with Crippen molar-refractivity contribution in [1.82, 2.24) is 14.1 Å². The van der Waals surface area contributed by atoms with Gasteiger partial charge in [-0.2, -0.15) is 0 Å².